The Kier molecular flexibility index (Phi) is 10.6. The predicted octanol–water partition coefficient (Wildman–Crippen LogP) is 4.40. The van der Waals surface area contributed by atoms with Gasteiger partial charge in [0.15, 0.2) is 0 Å². The van der Waals surface area contributed by atoms with E-state index in [1.807, 2.05) is 0 Å². The van der Waals surface area contributed by atoms with E-state index in [-0.39, 0.29) is 44.9 Å². The van der Waals surface area contributed by atoms with Crippen molar-refractivity contribution >= 4 is 50.6 Å². The van der Waals surface area contributed by atoms with E-state index in [0.717, 1.165) is 24.3 Å². The van der Waals surface area contributed by atoms with Crippen LogP contribution in [0.15, 0.2) is 60.7 Å². The van der Waals surface area contributed by atoms with E-state index in [4.69, 9.17) is 4.98 Å². The summed E-state index contributed by atoms with van der Waals surface area (Å²) in [6.07, 6.45) is 3.93. The first-order valence-electron chi connectivity index (χ1n) is 8.12. The number of pyridine rings is 1. The van der Waals surface area contributed by atoms with Crippen molar-refractivity contribution in [2.45, 2.75) is 19.3 Å². The normalized spacial score (nSPS) is 12.8. The maximum atomic E-state index is 4.87. The number of nitrogens with zero attached hydrogens (tertiary/aromatic N) is 2. The van der Waals surface area contributed by atoms with E-state index in [0.29, 0.717) is 0 Å². The molecule has 0 aliphatic carbocycles. The molecule has 4 nitrogen and oxygen atoms in total. The number of fused-ring (bicyclic) bond motifs is 1. The molecule has 2 heterocycles. The topological polar surface area (TPSA) is 79.1 Å². The first kappa shape index (κ1) is 24.5. The number of hydrogen-bond acceptors (Lipinski definition) is 2. The quantitative estimate of drug-likeness (QED) is 0.539. The molecule has 26 heavy (non-hydrogen) atoms. The molecule has 4 rings (SSSR count). The van der Waals surface area contributed by atoms with Crippen molar-refractivity contribution in [2.75, 3.05) is 18.0 Å². The first-order valence-corrected chi connectivity index (χ1v) is 8.12. The molecule has 0 atom stereocenters. The van der Waals surface area contributed by atoms with Crippen molar-refractivity contribution in [3.05, 3.63) is 60.7 Å². The molecule has 0 bridgehead atoms. The summed E-state index contributed by atoms with van der Waals surface area (Å²) < 4.78 is 0. The van der Waals surface area contributed by atoms with Gasteiger partial charge in [0.25, 0.3) is 0 Å². The van der Waals surface area contributed by atoms with Crippen molar-refractivity contribution in [3.63, 3.8) is 0 Å². The van der Waals surface area contributed by atoms with Crippen LogP contribution in [-0.2, 0) is 0 Å². The molecule has 1 aliphatic rings. The lowest BCUT2D eigenvalue weighted by Gasteiger charge is -2.30. The molecule has 142 valence electrons. The fourth-order valence-electron chi connectivity index (χ4n) is 3.31. The number of halogens is 2. The average Bonchev–Trinajstić information content (AvgIpc) is 2.62. The monoisotopic (exact) mass is 484 g/mol. The Labute approximate surface area is 175 Å². The van der Waals surface area contributed by atoms with Gasteiger partial charge in [-0.1, -0.05) is 48.5 Å². The molecular formula is C20H26Br2N2O2. The fraction of sp³-hybridized carbons (Fsp3) is 0.250. The molecule has 1 aromatic heterocycles. The summed E-state index contributed by atoms with van der Waals surface area (Å²) in [7, 11) is 0. The Morgan fingerprint density at radius 3 is 2.04 bits per heavy atom. The number of anilines is 1. The van der Waals surface area contributed by atoms with Crippen LogP contribution in [-0.4, -0.2) is 29.0 Å². The average molecular weight is 486 g/mol. The van der Waals surface area contributed by atoms with E-state index >= 15 is 0 Å². The zero-order valence-electron chi connectivity index (χ0n) is 14.5. The molecule has 3 aromatic rings. The highest BCUT2D eigenvalue weighted by Crippen LogP contribution is 2.32. The Morgan fingerprint density at radius 2 is 1.35 bits per heavy atom. The van der Waals surface area contributed by atoms with Crippen molar-refractivity contribution in [1.82, 2.24) is 4.98 Å². The second kappa shape index (κ2) is 11.3. The van der Waals surface area contributed by atoms with E-state index in [1.165, 1.54) is 35.9 Å². The van der Waals surface area contributed by atoms with Crippen LogP contribution in [0.4, 0.5) is 5.69 Å². The fourth-order valence-corrected chi connectivity index (χ4v) is 3.31. The molecular weight excluding hydrogens is 460 g/mol. The van der Waals surface area contributed by atoms with Crippen molar-refractivity contribution in [1.29, 1.82) is 0 Å². The van der Waals surface area contributed by atoms with Crippen LogP contribution in [0.25, 0.3) is 22.2 Å². The minimum absolute atomic E-state index is 0. The van der Waals surface area contributed by atoms with Crippen LogP contribution in [0, 0.1) is 0 Å². The van der Waals surface area contributed by atoms with Crippen molar-refractivity contribution in [2.24, 2.45) is 0 Å². The molecule has 0 saturated carbocycles. The number of para-hydroxylation sites is 1. The number of benzene rings is 2. The van der Waals surface area contributed by atoms with Crippen LogP contribution in [0.5, 0.6) is 0 Å². The van der Waals surface area contributed by atoms with Crippen LogP contribution in [0.2, 0.25) is 0 Å². The maximum Gasteiger partial charge on any atom is 0.0730 e. The van der Waals surface area contributed by atoms with Crippen molar-refractivity contribution in [3.8, 4) is 11.3 Å². The van der Waals surface area contributed by atoms with Crippen LogP contribution >= 0.6 is 34.0 Å². The highest BCUT2D eigenvalue weighted by molar-refractivity contribution is 8.93. The summed E-state index contributed by atoms with van der Waals surface area (Å²) in [6.45, 7) is 2.31. The summed E-state index contributed by atoms with van der Waals surface area (Å²) in [4.78, 5) is 7.40. The number of aromatic nitrogens is 1. The Balaban J connectivity index is 0.00000156. The van der Waals surface area contributed by atoms with Gasteiger partial charge in [-0.3, -0.25) is 0 Å². The van der Waals surface area contributed by atoms with Gasteiger partial charge in [0.2, 0.25) is 0 Å². The molecule has 0 spiro atoms. The van der Waals surface area contributed by atoms with Crippen LogP contribution in [0.3, 0.4) is 0 Å². The SMILES string of the molecule is Br.Br.O.O.c1ccc(-c2cc(N3CCCCC3)c3ccccc3n2)cc1. The highest BCUT2D eigenvalue weighted by Gasteiger charge is 2.15. The Morgan fingerprint density at radius 1 is 0.731 bits per heavy atom. The smallest absolute Gasteiger partial charge is 0.0730 e. The Bertz CT molecular complexity index is 794. The lowest BCUT2D eigenvalue weighted by molar-refractivity contribution is 0.579. The molecule has 0 unspecified atom stereocenters. The summed E-state index contributed by atoms with van der Waals surface area (Å²) in [5, 5.41) is 1.27. The largest absolute Gasteiger partial charge is 0.412 e. The van der Waals surface area contributed by atoms with Gasteiger partial charge in [-0.15, -0.1) is 34.0 Å². The van der Waals surface area contributed by atoms with Crippen LogP contribution < -0.4 is 4.90 Å². The summed E-state index contributed by atoms with van der Waals surface area (Å²) in [6, 6.07) is 21.2. The second-order valence-electron chi connectivity index (χ2n) is 5.96. The lowest BCUT2D eigenvalue weighted by Crippen LogP contribution is -2.29. The minimum Gasteiger partial charge on any atom is -0.412 e. The Hall–Kier alpha value is -1.47. The van der Waals surface area contributed by atoms with E-state index in [9.17, 15) is 0 Å². The standard InChI is InChI=1S/C20H20N2.2BrH.2H2O/c1-3-9-16(10-4-1)19-15-20(22-13-7-2-8-14-22)17-11-5-6-12-18(17)21-19;;;;/h1,3-6,9-12,15H,2,7-8,13-14H2;2*1H;2*1H2. The number of hydrogen-bond donors (Lipinski definition) is 0. The molecule has 1 saturated heterocycles. The molecule has 0 amide bonds. The molecule has 6 heteroatoms. The molecule has 2 aromatic carbocycles. The third kappa shape index (κ3) is 5.04. The van der Waals surface area contributed by atoms with Gasteiger partial charge in [0.1, 0.15) is 0 Å². The maximum absolute atomic E-state index is 4.87. The van der Waals surface area contributed by atoms with Gasteiger partial charge in [-0.25, -0.2) is 4.98 Å². The first-order chi connectivity index (χ1) is 10.9. The van der Waals surface area contributed by atoms with Crippen LogP contribution in [0.1, 0.15) is 19.3 Å². The van der Waals surface area contributed by atoms with Gasteiger partial charge in [-0.2, -0.15) is 0 Å². The third-order valence-electron chi connectivity index (χ3n) is 4.46. The van der Waals surface area contributed by atoms with Crippen molar-refractivity contribution < 1.29 is 11.0 Å². The highest BCUT2D eigenvalue weighted by atomic mass is 79.9. The summed E-state index contributed by atoms with van der Waals surface area (Å²) >= 11 is 0. The molecule has 4 N–H and O–H groups in total. The van der Waals surface area contributed by atoms with Gasteiger partial charge in [-0.05, 0) is 31.4 Å². The third-order valence-corrected chi connectivity index (χ3v) is 4.46. The lowest BCUT2D eigenvalue weighted by atomic mass is 10.0. The summed E-state index contributed by atoms with van der Waals surface area (Å²) in [5.74, 6) is 0. The zero-order chi connectivity index (χ0) is 14.8. The van der Waals surface area contributed by atoms with Gasteiger partial charge >= 0.3 is 0 Å². The van der Waals surface area contributed by atoms with Gasteiger partial charge in [0, 0.05) is 29.7 Å². The van der Waals surface area contributed by atoms with Gasteiger partial charge < -0.3 is 15.9 Å². The van der Waals surface area contributed by atoms with E-state index in [2.05, 4.69) is 65.6 Å². The zero-order valence-corrected chi connectivity index (χ0v) is 17.9. The number of piperidine rings is 1. The number of rotatable bonds is 2. The minimum atomic E-state index is 0. The summed E-state index contributed by atoms with van der Waals surface area (Å²) in [5.41, 5.74) is 4.68. The van der Waals surface area contributed by atoms with E-state index in [1.54, 1.807) is 0 Å². The second-order valence-corrected chi connectivity index (χ2v) is 5.96. The predicted molar refractivity (Wildman–Crippen MR) is 121 cm³/mol. The van der Waals surface area contributed by atoms with Gasteiger partial charge in [0.05, 0.1) is 11.2 Å². The molecule has 0 radical (unpaired) electrons. The molecule has 1 fully saturated rings. The molecule has 1 aliphatic heterocycles. The van der Waals surface area contributed by atoms with E-state index < -0.39 is 0 Å².